The molecule has 0 aliphatic carbocycles. The second-order valence-electron chi connectivity index (χ2n) is 13.6. The number of furan rings is 1. The normalized spacial score (nSPS) is 11.8. The number of nitrogens with zero attached hydrogens (tertiary/aromatic N) is 3. The Hall–Kier alpha value is -7.17. The van der Waals surface area contributed by atoms with Crippen molar-refractivity contribution >= 4 is 65.0 Å². The summed E-state index contributed by atoms with van der Waals surface area (Å²) >= 11 is 0. The van der Waals surface area contributed by atoms with Gasteiger partial charge in [0.05, 0.1) is 0 Å². The molecule has 0 N–H and O–H groups in total. The minimum atomic E-state index is 0.619. The van der Waals surface area contributed by atoms with Crippen molar-refractivity contribution in [2.45, 2.75) is 0 Å². The fourth-order valence-electron chi connectivity index (χ4n) is 7.80. The second kappa shape index (κ2) is 11.7. The van der Waals surface area contributed by atoms with E-state index in [1.807, 2.05) is 18.2 Å². The molecule has 0 radical (unpaired) electrons. The summed E-state index contributed by atoms with van der Waals surface area (Å²) in [6, 6.07) is 61.8. The van der Waals surface area contributed by atoms with E-state index in [9.17, 15) is 0 Å². The Morgan fingerprint density at radius 2 is 0.849 bits per heavy atom. The van der Waals surface area contributed by atoms with Crippen LogP contribution in [0.4, 0.5) is 0 Å². The molecule has 0 aliphatic heterocycles. The van der Waals surface area contributed by atoms with Crippen molar-refractivity contribution in [1.82, 2.24) is 15.0 Å². The van der Waals surface area contributed by atoms with Gasteiger partial charge in [-0.3, -0.25) is 0 Å². The van der Waals surface area contributed by atoms with E-state index >= 15 is 0 Å². The number of aromatic nitrogens is 3. The molecule has 0 saturated carbocycles. The minimum absolute atomic E-state index is 0.619. The third kappa shape index (κ3) is 4.95. The Balaban J connectivity index is 1.11. The average Bonchev–Trinajstić information content (AvgIpc) is 3.59. The third-order valence-electron chi connectivity index (χ3n) is 10.4. The summed E-state index contributed by atoms with van der Waals surface area (Å²) in [5, 5.41) is 11.3. The maximum Gasteiger partial charge on any atom is 0.164 e. The summed E-state index contributed by atoms with van der Waals surface area (Å²) in [6.45, 7) is 0. The first-order valence-corrected chi connectivity index (χ1v) is 17.8. The van der Waals surface area contributed by atoms with E-state index in [0.29, 0.717) is 17.5 Å². The summed E-state index contributed by atoms with van der Waals surface area (Å²) in [7, 11) is 0. The minimum Gasteiger partial charge on any atom is -0.456 e. The van der Waals surface area contributed by atoms with Crippen LogP contribution < -0.4 is 0 Å². The van der Waals surface area contributed by atoms with Crippen LogP contribution in [-0.2, 0) is 0 Å². The van der Waals surface area contributed by atoms with Crippen molar-refractivity contribution in [3.8, 4) is 45.3 Å². The number of para-hydroxylation sites is 1. The molecular formula is C49H29N3O. The first-order valence-electron chi connectivity index (χ1n) is 17.8. The first-order chi connectivity index (χ1) is 26.2. The monoisotopic (exact) mass is 675 g/mol. The summed E-state index contributed by atoms with van der Waals surface area (Å²) in [6.07, 6.45) is 0. The number of fused-ring (bicyclic) bond motifs is 8. The zero-order chi connectivity index (χ0) is 34.9. The molecule has 11 aromatic rings. The Labute approximate surface area is 304 Å². The van der Waals surface area contributed by atoms with E-state index in [-0.39, 0.29) is 0 Å². The molecule has 0 atom stereocenters. The van der Waals surface area contributed by atoms with E-state index in [1.54, 1.807) is 0 Å². The van der Waals surface area contributed by atoms with Crippen LogP contribution in [0.5, 0.6) is 0 Å². The molecule has 246 valence electrons. The molecule has 11 rings (SSSR count). The van der Waals surface area contributed by atoms with Gasteiger partial charge in [-0.25, -0.2) is 15.0 Å². The fourth-order valence-corrected chi connectivity index (χ4v) is 7.80. The molecule has 0 bridgehead atoms. The Kier molecular flexibility index (Phi) is 6.52. The molecule has 0 aliphatic rings. The van der Waals surface area contributed by atoms with Gasteiger partial charge in [-0.05, 0) is 96.7 Å². The van der Waals surface area contributed by atoms with Crippen LogP contribution >= 0.6 is 0 Å². The van der Waals surface area contributed by atoms with Gasteiger partial charge in [-0.15, -0.1) is 0 Å². The maximum absolute atomic E-state index is 6.26. The second-order valence-corrected chi connectivity index (χ2v) is 13.6. The van der Waals surface area contributed by atoms with Crippen LogP contribution in [0, 0.1) is 0 Å². The van der Waals surface area contributed by atoms with Crippen molar-refractivity contribution < 1.29 is 4.42 Å². The predicted molar refractivity (Wildman–Crippen MR) is 219 cm³/mol. The molecule has 0 fully saturated rings. The zero-order valence-electron chi connectivity index (χ0n) is 28.5. The quantitative estimate of drug-likeness (QED) is 0.174. The van der Waals surface area contributed by atoms with Gasteiger partial charge in [-0.2, -0.15) is 0 Å². The van der Waals surface area contributed by atoms with E-state index in [0.717, 1.165) is 70.9 Å². The fraction of sp³-hybridized carbons (Fsp3) is 0. The number of hydrogen-bond donors (Lipinski definition) is 0. The highest BCUT2D eigenvalue weighted by Crippen LogP contribution is 2.37. The number of benzene rings is 9. The van der Waals surface area contributed by atoms with E-state index in [1.165, 1.54) is 21.9 Å². The van der Waals surface area contributed by atoms with Crippen molar-refractivity contribution in [3.63, 3.8) is 0 Å². The lowest BCUT2D eigenvalue weighted by Gasteiger charge is -2.13. The van der Waals surface area contributed by atoms with Gasteiger partial charge in [0.1, 0.15) is 11.2 Å². The van der Waals surface area contributed by atoms with Crippen molar-refractivity contribution in [2.75, 3.05) is 0 Å². The number of hydrogen-bond acceptors (Lipinski definition) is 4. The molecule has 4 nitrogen and oxygen atoms in total. The molecule has 2 aromatic heterocycles. The van der Waals surface area contributed by atoms with Gasteiger partial charge >= 0.3 is 0 Å². The molecule has 0 amide bonds. The lowest BCUT2D eigenvalue weighted by Crippen LogP contribution is -2.01. The first kappa shape index (κ1) is 29.5. The Morgan fingerprint density at radius 1 is 0.283 bits per heavy atom. The van der Waals surface area contributed by atoms with Crippen LogP contribution in [0.25, 0.3) is 110 Å². The number of rotatable bonds is 4. The SMILES string of the molecule is c1ccc(-c2ccc3cc(-c4nc(-c5ccc6cc7c(cc6c5)oc5ccccc57)nc(-c5cc6ccccc6c6ccccc56)n4)ccc3c2)cc1. The highest BCUT2D eigenvalue weighted by molar-refractivity contribution is 6.13. The molecule has 0 spiro atoms. The smallest absolute Gasteiger partial charge is 0.164 e. The maximum atomic E-state index is 6.26. The summed E-state index contributed by atoms with van der Waals surface area (Å²) in [5.74, 6) is 1.89. The van der Waals surface area contributed by atoms with Crippen LogP contribution in [-0.4, -0.2) is 15.0 Å². The van der Waals surface area contributed by atoms with Crippen LogP contribution in [0.3, 0.4) is 0 Å². The zero-order valence-corrected chi connectivity index (χ0v) is 28.5. The Bertz CT molecular complexity index is 3240. The largest absolute Gasteiger partial charge is 0.456 e. The van der Waals surface area contributed by atoms with Gasteiger partial charge in [0.25, 0.3) is 0 Å². The van der Waals surface area contributed by atoms with Gasteiger partial charge in [0.15, 0.2) is 17.5 Å². The molecule has 0 unspecified atom stereocenters. The summed E-state index contributed by atoms with van der Waals surface area (Å²) in [5.41, 5.74) is 6.96. The van der Waals surface area contributed by atoms with Crippen LogP contribution in [0.1, 0.15) is 0 Å². The summed E-state index contributed by atoms with van der Waals surface area (Å²) in [4.78, 5) is 15.6. The van der Waals surface area contributed by atoms with Gasteiger partial charge < -0.3 is 4.42 Å². The molecule has 53 heavy (non-hydrogen) atoms. The highest BCUT2D eigenvalue weighted by Gasteiger charge is 2.17. The lowest BCUT2D eigenvalue weighted by atomic mass is 9.96. The molecule has 4 heteroatoms. The third-order valence-corrected chi connectivity index (χ3v) is 10.4. The van der Waals surface area contributed by atoms with Crippen molar-refractivity contribution in [3.05, 3.63) is 176 Å². The average molecular weight is 676 g/mol. The summed E-state index contributed by atoms with van der Waals surface area (Å²) < 4.78 is 6.26. The standard InChI is InChI=1S/C49H29N3O/c1-2-10-30(11-3-1)31-18-19-33-25-36(22-20-32(33)24-31)47-50-48(37-23-21-34-27-43-42-16-8-9-17-45(42)53-46(43)29-38(34)26-37)52-49(51-47)44-28-35-12-4-5-13-39(35)40-14-6-7-15-41(40)44/h1-29H. The molecule has 0 saturated heterocycles. The van der Waals surface area contributed by atoms with Crippen molar-refractivity contribution in [2.24, 2.45) is 0 Å². The molecule has 2 heterocycles. The molecule has 9 aromatic carbocycles. The van der Waals surface area contributed by atoms with Gasteiger partial charge in [0.2, 0.25) is 0 Å². The Morgan fingerprint density at radius 3 is 1.62 bits per heavy atom. The topological polar surface area (TPSA) is 51.8 Å². The van der Waals surface area contributed by atoms with E-state index in [4.69, 9.17) is 19.4 Å². The highest BCUT2D eigenvalue weighted by atomic mass is 16.3. The van der Waals surface area contributed by atoms with Crippen LogP contribution in [0.2, 0.25) is 0 Å². The van der Waals surface area contributed by atoms with Gasteiger partial charge in [-0.1, -0.05) is 133 Å². The molecular weight excluding hydrogens is 647 g/mol. The van der Waals surface area contributed by atoms with Crippen molar-refractivity contribution in [1.29, 1.82) is 0 Å². The van der Waals surface area contributed by atoms with Crippen LogP contribution in [0.15, 0.2) is 180 Å². The van der Waals surface area contributed by atoms with E-state index < -0.39 is 0 Å². The van der Waals surface area contributed by atoms with Gasteiger partial charge in [0, 0.05) is 27.5 Å². The van der Waals surface area contributed by atoms with E-state index in [2.05, 4.69) is 158 Å². The predicted octanol–water partition coefficient (Wildman–Crippen LogP) is 13.1. The lowest BCUT2D eigenvalue weighted by molar-refractivity contribution is 0.669.